The van der Waals surface area contributed by atoms with Crippen LogP contribution in [0.2, 0.25) is 0 Å². The molecule has 3 aromatic carbocycles. The highest BCUT2D eigenvalue weighted by atomic mass is 32.2. The zero-order valence-electron chi connectivity index (χ0n) is 17.3. The van der Waals surface area contributed by atoms with Crippen LogP contribution < -0.4 is 10.0 Å². The van der Waals surface area contributed by atoms with Crippen molar-refractivity contribution in [1.82, 2.24) is 5.32 Å². The molecule has 0 saturated heterocycles. The molecular formula is C24H26N2O3S. The number of benzene rings is 3. The molecule has 0 saturated carbocycles. The van der Waals surface area contributed by atoms with Crippen LogP contribution in [-0.4, -0.2) is 14.3 Å². The quantitative estimate of drug-likeness (QED) is 0.563. The van der Waals surface area contributed by atoms with Gasteiger partial charge >= 0.3 is 0 Å². The number of rotatable bonds is 7. The summed E-state index contributed by atoms with van der Waals surface area (Å²) in [7, 11) is -3.80. The first-order valence-electron chi connectivity index (χ1n) is 9.85. The molecule has 0 aromatic heterocycles. The zero-order valence-corrected chi connectivity index (χ0v) is 18.2. The number of carbonyl (C=O) groups is 1. The van der Waals surface area contributed by atoms with Gasteiger partial charge in [-0.05, 0) is 56.2 Å². The molecule has 0 spiro atoms. The van der Waals surface area contributed by atoms with Gasteiger partial charge in [0.05, 0.1) is 10.9 Å². The van der Waals surface area contributed by atoms with Crippen molar-refractivity contribution in [1.29, 1.82) is 0 Å². The lowest BCUT2D eigenvalue weighted by Gasteiger charge is -2.18. The van der Waals surface area contributed by atoms with E-state index in [9.17, 15) is 13.2 Å². The molecule has 0 aliphatic rings. The Balaban J connectivity index is 1.78. The van der Waals surface area contributed by atoms with Crippen molar-refractivity contribution >= 4 is 21.6 Å². The third kappa shape index (κ3) is 5.27. The van der Waals surface area contributed by atoms with E-state index in [0.717, 1.165) is 23.1 Å². The fraction of sp³-hybridized carbons (Fsp3) is 0.208. The summed E-state index contributed by atoms with van der Waals surface area (Å²) in [6.07, 6.45) is 0.724. The summed E-state index contributed by atoms with van der Waals surface area (Å²) in [4.78, 5) is 12.8. The van der Waals surface area contributed by atoms with Gasteiger partial charge in [0.2, 0.25) is 0 Å². The van der Waals surface area contributed by atoms with Crippen molar-refractivity contribution in [3.05, 3.63) is 95.1 Å². The first-order chi connectivity index (χ1) is 14.3. The molecular weight excluding hydrogens is 396 g/mol. The summed E-state index contributed by atoms with van der Waals surface area (Å²) in [6, 6.07) is 21.0. The molecule has 0 fully saturated rings. The number of amides is 1. The SMILES string of the molecule is CCC(NC(=O)c1cccc(S(=O)(=O)Nc2ccc(C)cc2)c1)c1ccc(C)cc1. The van der Waals surface area contributed by atoms with Crippen LogP contribution >= 0.6 is 0 Å². The van der Waals surface area contributed by atoms with Crippen LogP contribution in [-0.2, 0) is 10.0 Å². The number of sulfonamides is 1. The van der Waals surface area contributed by atoms with Crippen molar-refractivity contribution < 1.29 is 13.2 Å². The zero-order chi connectivity index (χ0) is 21.7. The molecule has 1 atom stereocenters. The van der Waals surface area contributed by atoms with Crippen LogP contribution in [0.1, 0.15) is 46.4 Å². The van der Waals surface area contributed by atoms with E-state index in [2.05, 4.69) is 10.0 Å². The topological polar surface area (TPSA) is 75.3 Å². The molecule has 2 N–H and O–H groups in total. The first kappa shape index (κ1) is 21.6. The lowest BCUT2D eigenvalue weighted by Crippen LogP contribution is -2.28. The summed E-state index contributed by atoms with van der Waals surface area (Å²) in [5.41, 5.74) is 3.98. The third-order valence-electron chi connectivity index (χ3n) is 4.90. The lowest BCUT2D eigenvalue weighted by atomic mass is 10.0. The Morgan fingerprint density at radius 2 is 1.50 bits per heavy atom. The maximum Gasteiger partial charge on any atom is 0.261 e. The van der Waals surface area contributed by atoms with Gasteiger partial charge in [-0.15, -0.1) is 0 Å². The van der Waals surface area contributed by atoms with Gasteiger partial charge in [-0.1, -0.05) is 60.5 Å². The summed E-state index contributed by atoms with van der Waals surface area (Å²) < 4.78 is 28.1. The largest absolute Gasteiger partial charge is 0.345 e. The molecule has 156 valence electrons. The van der Waals surface area contributed by atoms with Gasteiger partial charge in [0.1, 0.15) is 0 Å². The van der Waals surface area contributed by atoms with Crippen molar-refractivity contribution in [3.63, 3.8) is 0 Å². The van der Waals surface area contributed by atoms with E-state index in [1.807, 2.05) is 57.2 Å². The maximum atomic E-state index is 12.8. The second-order valence-corrected chi connectivity index (χ2v) is 9.03. The Morgan fingerprint density at radius 1 is 0.900 bits per heavy atom. The van der Waals surface area contributed by atoms with E-state index in [1.54, 1.807) is 24.3 Å². The number of carbonyl (C=O) groups excluding carboxylic acids is 1. The van der Waals surface area contributed by atoms with Gasteiger partial charge in [-0.2, -0.15) is 0 Å². The summed E-state index contributed by atoms with van der Waals surface area (Å²) in [5.74, 6) is -0.310. The van der Waals surface area contributed by atoms with Gasteiger partial charge < -0.3 is 5.32 Å². The average Bonchev–Trinajstić information content (AvgIpc) is 2.74. The van der Waals surface area contributed by atoms with Crippen LogP contribution in [0.4, 0.5) is 5.69 Å². The molecule has 30 heavy (non-hydrogen) atoms. The highest BCUT2D eigenvalue weighted by Gasteiger charge is 2.18. The Labute approximate surface area is 178 Å². The molecule has 0 aliphatic heterocycles. The fourth-order valence-electron chi connectivity index (χ4n) is 3.10. The molecule has 1 unspecified atom stereocenters. The minimum absolute atomic E-state index is 0.0408. The minimum atomic E-state index is -3.80. The molecule has 1 amide bonds. The van der Waals surface area contributed by atoms with Crippen LogP contribution in [0, 0.1) is 13.8 Å². The van der Waals surface area contributed by atoms with Crippen molar-refractivity contribution in [2.75, 3.05) is 4.72 Å². The van der Waals surface area contributed by atoms with Gasteiger partial charge in [-0.3, -0.25) is 9.52 Å². The van der Waals surface area contributed by atoms with Gasteiger partial charge in [0.25, 0.3) is 15.9 Å². The lowest BCUT2D eigenvalue weighted by molar-refractivity contribution is 0.0935. The number of aryl methyl sites for hydroxylation is 2. The fourth-order valence-corrected chi connectivity index (χ4v) is 4.21. The second-order valence-electron chi connectivity index (χ2n) is 7.34. The Kier molecular flexibility index (Phi) is 6.57. The number of anilines is 1. The Morgan fingerprint density at radius 3 is 2.10 bits per heavy atom. The van der Waals surface area contributed by atoms with Gasteiger partial charge in [-0.25, -0.2) is 8.42 Å². The number of hydrogen-bond donors (Lipinski definition) is 2. The average molecular weight is 423 g/mol. The summed E-state index contributed by atoms with van der Waals surface area (Å²) >= 11 is 0. The van der Waals surface area contributed by atoms with Crippen molar-refractivity contribution in [2.24, 2.45) is 0 Å². The molecule has 0 radical (unpaired) electrons. The molecule has 0 heterocycles. The molecule has 5 nitrogen and oxygen atoms in total. The molecule has 3 rings (SSSR count). The van der Waals surface area contributed by atoms with Crippen LogP contribution in [0.5, 0.6) is 0 Å². The normalized spacial score (nSPS) is 12.2. The molecule has 0 bridgehead atoms. The minimum Gasteiger partial charge on any atom is -0.345 e. The van der Waals surface area contributed by atoms with E-state index in [4.69, 9.17) is 0 Å². The van der Waals surface area contributed by atoms with Crippen LogP contribution in [0.25, 0.3) is 0 Å². The third-order valence-corrected chi connectivity index (χ3v) is 6.28. The van der Waals surface area contributed by atoms with Crippen LogP contribution in [0.15, 0.2) is 77.7 Å². The summed E-state index contributed by atoms with van der Waals surface area (Å²) in [5, 5.41) is 3.00. The molecule has 3 aromatic rings. The highest BCUT2D eigenvalue weighted by Crippen LogP contribution is 2.20. The molecule has 0 aliphatic carbocycles. The Hall–Kier alpha value is -3.12. The predicted molar refractivity (Wildman–Crippen MR) is 120 cm³/mol. The molecule has 6 heteroatoms. The highest BCUT2D eigenvalue weighted by molar-refractivity contribution is 7.92. The summed E-state index contributed by atoms with van der Waals surface area (Å²) in [6.45, 7) is 5.94. The van der Waals surface area contributed by atoms with Crippen molar-refractivity contribution in [2.45, 2.75) is 38.1 Å². The second kappa shape index (κ2) is 9.13. The predicted octanol–water partition coefficient (Wildman–Crippen LogP) is 4.99. The Bertz CT molecular complexity index is 1120. The smallest absolute Gasteiger partial charge is 0.261 e. The standard InChI is InChI=1S/C24H26N2O3S/c1-4-23(19-12-8-17(2)9-13-19)25-24(27)20-6-5-7-22(16-20)30(28,29)26-21-14-10-18(3)11-15-21/h5-16,23,26H,4H2,1-3H3,(H,25,27). The van der Waals surface area contributed by atoms with E-state index in [-0.39, 0.29) is 16.8 Å². The number of hydrogen-bond acceptors (Lipinski definition) is 3. The van der Waals surface area contributed by atoms with E-state index in [0.29, 0.717) is 11.3 Å². The van der Waals surface area contributed by atoms with Crippen LogP contribution in [0.3, 0.4) is 0 Å². The van der Waals surface area contributed by atoms with Gasteiger partial charge in [0, 0.05) is 11.3 Å². The van der Waals surface area contributed by atoms with Gasteiger partial charge in [0.15, 0.2) is 0 Å². The van der Waals surface area contributed by atoms with Crippen molar-refractivity contribution in [3.8, 4) is 0 Å². The monoisotopic (exact) mass is 422 g/mol. The maximum absolute atomic E-state index is 12.8. The first-order valence-corrected chi connectivity index (χ1v) is 11.3. The van der Waals surface area contributed by atoms with E-state index < -0.39 is 10.0 Å². The van der Waals surface area contributed by atoms with E-state index >= 15 is 0 Å². The number of nitrogens with one attached hydrogen (secondary N) is 2. The van der Waals surface area contributed by atoms with E-state index in [1.165, 1.54) is 12.1 Å².